The molecule has 2 aromatic heterocycles. The number of imidazole rings is 1. The molecule has 0 aliphatic heterocycles. The van der Waals surface area contributed by atoms with Crippen LogP contribution in [0.25, 0.3) is 11.2 Å². The van der Waals surface area contributed by atoms with Crippen LogP contribution >= 0.6 is 0 Å². The SMILES string of the molecule is Cc1nc(NCc2ccccc2)c2ncn(C(C)C)c2n1. The number of rotatable bonds is 4. The normalized spacial score (nSPS) is 11.2. The summed E-state index contributed by atoms with van der Waals surface area (Å²) >= 11 is 0. The first-order valence-electron chi connectivity index (χ1n) is 7.14. The number of aromatic nitrogens is 4. The van der Waals surface area contributed by atoms with E-state index in [0.717, 1.165) is 29.4 Å². The van der Waals surface area contributed by atoms with Gasteiger partial charge in [-0.1, -0.05) is 30.3 Å². The highest BCUT2D eigenvalue weighted by Gasteiger charge is 2.13. The zero-order chi connectivity index (χ0) is 14.8. The predicted molar refractivity (Wildman–Crippen MR) is 84.2 cm³/mol. The van der Waals surface area contributed by atoms with E-state index in [9.17, 15) is 0 Å². The van der Waals surface area contributed by atoms with Crippen molar-refractivity contribution in [2.75, 3.05) is 5.32 Å². The molecule has 0 radical (unpaired) electrons. The second-order valence-corrected chi connectivity index (χ2v) is 5.38. The molecule has 0 atom stereocenters. The lowest BCUT2D eigenvalue weighted by Gasteiger charge is -2.10. The molecule has 0 spiro atoms. The number of nitrogens with one attached hydrogen (secondary N) is 1. The second kappa shape index (κ2) is 5.52. The fourth-order valence-corrected chi connectivity index (χ4v) is 2.31. The summed E-state index contributed by atoms with van der Waals surface area (Å²) in [5.41, 5.74) is 2.92. The molecule has 2 heterocycles. The highest BCUT2D eigenvalue weighted by Crippen LogP contribution is 2.22. The predicted octanol–water partition coefficient (Wildman–Crippen LogP) is 3.33. The highest BCUT2D eigenvalue weighted by atomic mass is 15.2. The Morgan fingerprint density at radius 3 is 2.62 bits per heavy atom. The lowest BCUT2D eigenvalue weighted by atomic mass is 10.2. The van der Waals surface area contributed by atoms with Crippen LogP contribution in [0, 0.1) is 6.92 Å². The van der Waals surface area contributed by atoms with Gasteiger partial charge in [0.05, 0.1) is 6.33 Å². The first-order chi connectivity index (χ1) is 10.1. The first-order valence-corrected chi connectivity index (χ1v) is 7.14. The largest absolute Gasteiger partial charge is 0.364 e. The Morgan fingerprint density at radius 2 is 1.90 bits per heavy atom. The zero-order valence-electron chi connectivity index (χ0n) is 12.5. The average Bonchev–Trinajstić information content (AvgIpc) is 2.89. The van der Waals surface area contributed by atoms with Crippen molar-refractivity contribution in [2.24, 2.45) is 0 Å². The molecule has 0 saturated heterocycles. The van der Waals surface area contributed by atoms with Crippen molar-refractivity contribution in [3.8, 4) is 0 Å². The number of anilines is 1. The van der Waals surface area contributed by atoms with E-state index in [1.165, 1.54) is 5.56 Å². The average molecular weight is 281 g/mol. The van der Waals surface area contributed by atoms with Crippen molar-refractivity contribution >= 4 is 17.0 Å². The van der Waals surface area contributed by atoms with Gasteiger partial charge in [0.2, 0.25) is 0 Å². The van der Waals surface area contributed by atoms with Crippen LogP contribution in [0.5, 0.6) is 0 Å². The lowest BCUT2D eigenvalue weighted by molar-refractivity contribution is 0.612. The van der Waals surface area contributed by atoms with Gasteiger partial charge in [-0.05, 0) is 26.3 Å². The third kappa shape index (κ3) is 2.72. The Kier molecular flexibility index (Phi) is 3.56. The van der Waals surface area contributed by atoms with Crippen LogP contribution in [-0.4, -0.2) is 19.5 Å². The summed E-state index contributed by atoms with van der Waals surface area (Å²) < 4.78 is 2.07. The molecule has 0 bridgehead atoms. The van der Waals surface area contributed by atoms with E-state index < -0.39 is 0 Å². The maximum Gasteiger partial charge on any atom is 0.165 e. The summed E-state index contributed by atoms with van der Waals surface area (Å²) in [6.45, 7) is 6.87. The van der Waals surface area contributed by atoms with Crippen molar-refractivity contribution < 1.29 is 0 Å². The third-order valence-electron chi connectivity index (χ3n) is 3.39. The molecule has 1 N–H and O–H groups in total. The Labute approximate surface area is 124 Å². The van der Waals surface area contributed by atoms with Crippen LogP contribution in [0.1, 0.15) is 31.3 Å². The number of hydrogen-bond donors (Lipinski definition) is 1. The van der Waals surface area contributed by atoms with E-state index >= 15 is 0 Å². The topological polar surface area (TPSA) is 55.6 Å². The molecule has 0 unspecified atom stereocenters. The summed E-state index contributed by atoms with van der Waals surface area (Å²) in [6.07, 6.45) is 1.83. The number of benzene rings is 1. The maximum atomic E-state index is 4.52. The standard InChI is InChI=1S/C16H19N5/c1-11(2)21-10-18-14-15(19-12(3)20-16(14)21)17-9-13-7-5-4-6-8-13/h4-8,10-11H,9H2,1-3H3,(H,17,19,20). The van der Waals surface area contributed by atoms with Gasteiger partial charge in [-0.15, -0.1) is 0 Å². The van der Waals surface area contributed by atoms with Crippen molar-refractivity contribution in [3.05, 3.63) is 48.0 Å². The molecule has 1 aromatic carbocycles. The van der Waals surface area contributed by atoms with Crippen molar-refractivity contribution in [1.29, 1.82) is 0 Å². The van der Waals surface area contributed by atoms with Crippen LogP contribution in [0.2, 0.25) is 0 Å². The third-order valence-corrected chi connectivity index (χ3v) is 3.39. The molecule has 0 fully saturated rings. The number of fused-ring (bicyclic) bond motifs is 1. The number of hydrogen-bond acceptors (Lipinski definition) is 4. The molecule has 0 saturated carbocycles. The van der Waals surface area contributed by atoms with Gasteiger partial charge < -0.3 is 9.88 Å². The fourth-order valence-electron chi connectivity index (χ4n) is 2.31. The summed E-state index contributed by atoms with van der Waals surface area (Å²) in [6, 6.07) is 10.6. The number of aryl methyl sites for hydroxylation is 1. The van der Waals surface area contributed by atoms with E-state index in [0.29, 0.717) is 6.04 Å². The van der Waals surface area contributed by atoms with Crippen LogP contribution in [0.3, 0.4) is 0 Å². The monoisotopic (exact) mass is 281 g/mol. The highest BCUT2D eigenvalue weighted by molar-refractivity contribution is 5.83. The molecule has 3 rings (SSSR count). The molecule has 21 heavy (non-hydrogen) atoms. The van der Waals surface area contributed by atoms with Gasteiger partial charge in [-0.25, -0.2) is 15.0 Å². The quantitative estimate of drug-likeness (QED) is 0.797. The smallest absolute Gasteiger partial charge is 0.165 e. The van der Waals surface area contributed by atoms with Gasteiger partial charge in [0, 0.05) is 12.6 Å². The van der Waals surface area contributed by atoms with E-state index in [-0.39, 0.29) is 0 Å². The Balaban J connectivity index is 1.95. The molecule has 0 amide bonds. The maximum absolute atomic E-state index is 4.52. The van der Waals surface area contributed by atoms with Crippen LogP contribution in [0.15, 0.2) is 36.7 Å². The van der Waals surface area contributed by atoms with E-state index in [2.05, 4.69) is 50.8 Å². The summed E-state index contributed by atoms with van der Waals surface area (Å²) in [5.74, 6) is 1.54. The molecule has 3 aromatic rings. The number of nitrogens with zero attached hydrogens (tertiary/aromatic N) is 4. The van der Waals surface area contributed by atoms with Crippen LogP contribution in [0.4, 0.5) is 5.82 Å². The molecule has 5 nitrogen and oxygen atoms in total. The van der Waals surface area contributed by atoms with Crippen LogP contribution in [-0.2, 0) is 6.54 Å². The van der Waals surface area contributed by atoms with Gasteiger partial charge in [0.25, 0.3) is 0 Å². The van der Waals surface area contributed by atoms with Crippen molar-refractivity contribution in [2.45, 2.75) is 33.4 Å². The van der Waals surface area contributed by atoms with Crippen molar-refractivity contribution in [1.82, 2.24) is 19.5 Å². The zero-order valence-corrected chi connectivity index (χ0v) is 12.5. The lowest BCUT2D eigenvalue weighted by Crippen LogP contribution is -2.06. The summed E-state index contributed by atoms with van der Waals surface area (Å²) in [7, 11) is 0. The van der Waals surface area contributed by atoms with E-state index in [4.69, 9.17) is 0 Å². The van der Waals surface area contributed by atoms with Gasteiger partial charge in [-0.2, -0.15) is 0 Å². The molecule has 0 aliphatic carbocycles. The second-order valence-electron chi connectivity index (χ2n) is 5.38. The van der Waals surface area contributed by atoms with E-state index in [1.807, 2.05) is 31.5 Å². The Hall–Kier alpha value is -2.43. The van der Waals surface area contributed by atoms with Gasteiger partial charge in [0.1, 0.15) is 11.3 Å². The molecule has 5 heteroatoms. The fraction of sp³-hybridized carbons (Fsp3) is 0.312. The molecular formula is C16H19N5. The summed E-state index contributed by atoms with van der Waals surface area (Å²) in [4.78, 5) is 13.5. The van der Waals surface area contributed by atoms with Crippen LogP contribution < -0.4 is 5.32 Å². The molecular weight excluding hydrogens is 262 g/mol. The van der Waals surface area contributed by atoms with Crippen molar-refractivity contribution in [3.63, 3.8) is 0 Å². The van der Waals surface area contributed by atoms with Gasteiger partial charge in [-0.3, -0.25) is 0 Å². The van der Waals surface area contributed by atoms with Gasteiger partial charge >= 0.3 is 0 Å². The minimum Gasteiger partial charge on any atom is -0.364 e. The molecule has 0 aliphatic rings. The Bertz CT molecular complexity index is 746. The minimum absolute atomic E-state index is 0.325. The summed E-state index contributed by atoms with van der Waals surface area (Å²) in [5, 5.41) is 3.37. The molecule has 108 valence electrons. The minimum atomic E-state index is 0.325. The van der Waals surface area contributed by atoms with Gasteiger partial charge in [0.15, 0.2) is 11.5 Å². The first kappa shape index (κ1) is 13.5. The van der Waals surface area contributed by atoms with E-state index in [1.54, 1.807) is 0 Å². The Morgan fingerprint density at radius 1 is 1.14 bits per heavy atom.